The summed E-state index contributed by atoms with van der Waals surface area (Å²) in [7, 11) is -3.40. The maximum absolute atomic E-state index is 13.8. The van der Waals surface area contributed by atoms with Crippen LogP contribution in [-0.2, 0) is 14.6 Å². The van der Waals surface area contributed by atoms with Crippen molar-refractivity contribution in [3.63, 3.8) is 0 Å². The second kappa shape index (κ2) is 11.5. The fourth-order valence-corrected chi connectivity index (χ4v) is 5.24. The molecule has 0 spiro atoms. The minimum atomic E-state index is -3.40. The molecule has 1 unspecified atom stereocenters. The topological polar surface area (TPSA) is 145 Å². The maximum Gasteiger partial charge on any atom is 0.404 e. The molecule has 2 amide bonds. The molecule has 12 heteroatoms. The summed E-state index contributed by atoms with van der Waals surface area (Å²) in [5.41, 5.74) is 6.62. The highest BCUT2D eigenvalue weighted by atomic mass is 32.2. The first-order chi connectivity index (χ1) is 18.2. The molecule has 200 valence electrons. The Morgan fingerprint density at radius 1 is 1.18 bits per heavy atom. The summed E-state index contributed by atoms with van der Waals surface area (Å²) in [6.45, 7) is 1.98. The van der Waals surface area contributed by atoms with E-state index in [9.17, 15) is 22.4 Å². The summed E-state index contributed by atoms with van der Waals surface area (Å²) < 4.78 is 42.9. The first kappa shape index (κ1) is 27.0. The number of anilines is 1. The molecule has 3 N–H and O–H groups in total. The smallest absolute Gasteiger partial charge is 0.404 e. The van der Waals surface area contributed by atoms with Crippen molar-refractivity contribution < 1.29 is 27.1 Å². The molecule has 10 nitrogen and oxygen atoms in total. The monoisotopic (exact) mass is 541 g/mol. The number of carbonyl (C=O) groups is 2. The summed E-state index contributed by atoms with van der Waals surface area (Å²) in [6, 6.07) is 11.5. The number of rotatable bonds is 9. The lowest BCUT2D eigenvalue weighted by Gasteiger charge is -2.25. The van der Waals surface area contributed by atoms with E-state index < -0.39 is 27.9 Å². The van der Waals surface area contributed by atoms with Gasteiger partial charge in [-0.1, -0.05) is 31.2 Å². The van der Waals surface area contributed by atoms with Crippen LogP contribution in [0.15, 0.2) is 65.8 Å². The van der Waals surface area contributed by atoms with Gasteiger partial charge >= 0.3 is 6.09 Å². The van der Waals surface area contributed by atoms with Crippen LogP contribution in [0.1, 0.15) is 53.3 Å². The average Bonchev–Trinajstić information content (AvgIpc) is 3.41. The number of halogens is 1. The van der Waals surface area contributed by atoms with Gasteiger partial charge < -0.3 is 20.7 Å². The Balaban J connectivity index is 1.49. The molecule has 3 aromatic rings. The van der Waals surface area contributed by atoms with Crippen LogP contribution >= 0.6 is 0 Å². The van der Waals surface area contributed by atoms with Crippen molar-refractivity contribution in [3.8, 4) is 0 Å². The minimum absolute atomic E-state index is 0.0479. The quantitative estimate of drug-likeness (QED) is 0.420. The summed E-state index contributed by atoms with van der Waals surface area (Å²) in [6.07, 6.45) is 3.49. The van der Waals surface area contributed by atoms with E-state index in [-0.39, 0.29) is 34.7 Å². The average molecular weight is 542 g/mol. The van der Waals surface area contributed by atoms with Gasteiger partial charge in [0.05, 0.1) is 28.3 Å². The number of ether oxygens (including phenoxy) is 1. The highest BCUT2D eigenvalue weighted by Crippen LogP contribution is 2.34. The fraction of sp³-hybridized carbons (Fsp3) is 0.308. The number of benzene rings is 2. The van der Waals surface area contributed by atoms with Crippen molar-refractivity contribution in [3.05, 3.63) is 83.4 Å². The van der Waals surface area contributed by atoms with Crippen LogP contribution in [0.5, 0.6) is 0 Å². The van der Waals surface area contributed by atoms with Crippen molar-refractivity contribution in [1.29, 1.82) is 0 Å². The van der Waals surface area contributed by atoms with Crippen molar-refractivity contribution >= 4 is 27.8 Å². The Morgan fingerprint density at radius 3 is 2.53 bits per heavy atom. The second-order valence-corrected chi connectivity index (χ2v) is 11.1. The molecule has 0 aliphatic carbocycles. The van der Waals surface area contributed by atoms with E-state index in [0.717, 1.165) is 18.4 Å². The van der Waals surface area contributed by atoms with Crippen molar-refractivity contribution in [2.75, 3.05) is 23.8 Å². The van der Waals surface area contributed by atoms with Gasteiger partial charge in [-0.15, -0.1) is 0 Å². The standard InChI is InChI=1S/C26H28FN5O5S/c1-2-38(35,36)21-10-8-17(9-11-21)22(16-37-25(28)34)31-24(33)19-14-29-26(30-15-19)32-12-4-7-23(32)18-5-3-6-20(27)13-18/h3,5-6,8-11,13-15,22-23H,2,4,7,12,16H2,1H3,(H2,28,34)(H,31,33)/t22-,23?/m0/s1. The van der Waals surface area contributed by atoms with Gasteiger partial charge in [0.25, 0.3) is 5.91 Å². The van der Waals surface area contributed by atoms with Gasteiger partial charge in [0.2, 0.25) is 5.95 Å². The molecule has 2 heterocycles. The molecule has 4 rings (SSSR count). The molecule has 1 aliphatic rings. The summed E-state index contributed by atoms with van der Waals surface area (Å²) >= 11 is 0. The lowest BCUT2D eigenvalue weighted by atomic mass is 10.0. The van der Waals surface area contributed by atoms with E-state index in [0.29, 0.717) is 18.1 Å². The summed E-state index contributed by atoms with van der Waals surface area (Å²) in [5, 5.41) is 2.75. The molecule has 2 aromatic carbocycles. The van der Waals surface area contributed by atoms with E-state index in [1.807, 2.05) is 11.0 Å². The van der Waals surface area contributed by atoms with E-state index in [1.54, 1.807) is 13.0 Å². The predicted octanol–water partition coefficient (Wildman–Crippen LogP) is 3.32. The second-order valence-electron chi connectivity index (χ2n) is 8.81. The lowest BCUT2D eigenvalue weighted by Crippen LogP contribution is -2.33. The van der Waals surface area contributed by atoms with Gasteiger partial charge in [-0.3, -0.25) is 4.79 Å². The normalized spacial score (nSPS) is 16.2. The third kappa shape index (κ3) is 6.25. The zero-order chi connectivity index (χ0) is 27.3. The van der Waals surface area contributed by atoms with E-state index in [4.69, 9.17) is 10.5 Å². The highest BCUT2D eigenvalue weighted by molar-refractivity contribution is 7.91. The number of aromatic nitrogens is 2. The number of nitrogens with one attached hydrogen (secondary N) is 1. The molecule has 1 aromatic heterocycles. The van der Waals surface area contributed by atoms with Gasteiger partial charge in [0.1, 0.15) is 12.4 Å². The van der Waals surface area contributed by atoms with Crippen LogP contribution in [0.4, 0.5) is 15.1 Å². The van der Waals surface area contributed by atoms with Gasteiger partial charge in [0, 0.05) is 18.9 Å². The zero-order valence-corrected chi connectivity index (χ0v) is 21.5. The summed E-state index contributed by atoms with van der Waals surface area (Å²) in [4.78, 5) is 35.0. The van der Waals surface area contributed by atoms with Gasteiger partial charge in [-0.25, -0.2) is 27.6 Å². The molecule has 1 fully saturated rings. The molecule has 2 atom stereocenters. The lowest BCUT2D eigenvalue weighted by molar-refractivity contribution is 0.0898. The van der Waals surface area contributed by atoms with Gasteiger partial charge in [0.15, 0.2) is 9.84 Å². The number of carbonyl (C=O) groups excluding carboxylic acids is 2. The van der Waals surface area contributed by atoms with E-state index in [2.05, 4.69) is 15.3 Å². The Labute approximate surface area is 220 Å². The van der Waals surface area contributed by atoms with Crippen molar-refractivity contribution in [2.24, 2.45) is 5.73 Å². The Morgan fingerprint density at radius 2 is 1.89 bits per heavy atom. The molecule has 0 bridgehead atoms. The molecule has 0 radical (unpaired) electrons. The molecule has 0 saturated carbocycles. The van der Waals surface area contributed by atoms with E-state index in [1.165, 1.54) is 48.8 Å². The molecule has 1 saturated heterocycles. The number of sulfone groups is 1. The predicted molar refractivity (Wildman–Crippen MR) is 138 cm³/mol. The molecular formula is C26H28FN5O5S. The van der Waals surface area contributed by atoms with Crippen LogP contribution in [-0.4, -0.2) is 49.3 Å². The van der Waals surface area contributed by atoms with Gasteiger partial charge in [-0.2, -0.15) is 0 Å². The largest absolute Gasteiger partial charge is 0.447 e. The third-order valence-electron chi connectivity index (χ3n) is 6.36. The SMILES string of the molecule is CCS(=O)(=O)c1ccc([C@H](COC(N)=O)NC(=O)c2cnc(N3CCCC3c3cccc(F)c3)nc2)cc1. The molecule has 1 aliphatic heterocycles. The minimum Gasteiger partial charge on any atom is -0.447 e. The molecular weight excluding hydrogens is 513 g/mol. The first-order valence-corrected chi connectivity index (χ1v) is 13.7. The fourth-order valence-electron chi connectivity index (χ4n) is 4.36. The van der Waals surface area contributed by atoms with Crippen molar-refractivity contribution in [2.45, 2.75) is 36.7 Å². The van der Waals surface area contributed by atoms with Crippen LogP contribution < -0.4 is 16.0 Å². The first-order valence-electron chi connectivity index (χ1n) is 12.1. The summed E-state index contributed by atoms with van der Waals surface area (Å²) in [5.74, 6) is -0.454. The third-order valence-corrected chi connectivity index (χ3v) is 8.11. The maximum atomic E-state index is 13.8. The van der Waals surface area contributed by atoms with Crippen LogP contribution in [0.25, 0.3) is 0 Å². The van der Waals surface area contributed by atoms with E-state index >= 15 is 0 Å². The number of nitrogens with two attached hydrogens (primary N) is 1. The number of hydrogen-bond acceptors (Lipinski definition) is 8. The number of amides is 2. The Hall–Kier alpha value is -4.06. The zero-order valence-electron chi connectivity index (χ0n) is 20.7. The molecule has 38 heavy (non-hydrogen) atoms. The van der Waals surface area contributed by atoms with Crippen molar-refractivity contribution in [1.82, 2.24) is 15.3 Å². The number of hydrogen-bond donors (Lipinski definition) is 2. The number of primary amides is 1. The van der Waals surface area contributed by atoms with Crippen LogP contribution in [0.2, 0.25) is 0 Å². The van der Waals surface area contributed by atoms with Crippen LogP contribution in [0.3, 0.4) is 0 Å². The Bertz CT molecular complexity index is 1400. The highest BCUT2D eigenvalue weighted by Gasteiger charge is 2.28. The number of nitrogens with zero attached hydrogens (tertiary/aromatic N) is 3. The van der Waals surface area contributed by atoms with Crippen LogP contribution in [0, 0.1) is 5.82 Å². The Kier molecular flexibility index (Phi) is 8.20. The van der Waals surface area contributed by atoms with Gasteiger partial charge in [-0.05, 0) is 48.2 Å².